The second-order valence-electron chi connectivity index (χ2n) is 7.58. The SMILES string of the molecule is CN(C)CCCNCc1nccc2c3ccccc3n(Cc3ccccc3)c12.Cl. The number of pyridine rings is 1. The van der Waals surface area contributed by atoms with Crippen molar-refractivity contribution in [1.29, 1.82) is 0 Å². The number of hydrogen-bond donors (Lipinski definition) is 1. The molecule has 0 aliphatic carbocycles. The summed E-state index contributed by atoms with van der Waals surface area (Å²) < 4.78 is 2.42. The third-order valence-corrected chi connectivity index (χ3v) is 5.19. The first-order valence-electron chi connectivity index (χ1n) is 9.98. The summed E-state index contributed by atoms with van der Waals surface area (Å²) in [7, 11) is 4.23. The maximum absolute atomic E-state index is 4.74. The molecule has 2 aromatic carbocycles. The van der Waals surface area contributed by atoms with Crippen LogP contribution in [0, 0.1) is 0 Å². The van der Waals surface area contributed by atoms with Gasteiger partial charge in [0.05, 0.1) is 11.2 Å². The number of nitrogens with one attached hydrogen (secondary N) is 1. The average Bonchev–Trinajstić information content (AvgIpc) is 3.03. The summed E-state index contributed by atoms with van der Waals surface area (Å²) in [5.74, 6) is 0. The Morgan fingerprint density at radius 3 is 2.48 bits per heavy atom. The monoisotopic (exact) mass is 408 g/mol. The molecule has 1 N–H and O–H groups in total. The topological polar surface area (TPSA) is 33.1 Å². The predicted molar refractivity (Wildman–Crippen MR) is 125 cm³/mol. The molecule has 2 aromatic heterocycles. The van der Waals surface area contributed by atoms with Crippen LogP contribution in [-0.4, -0.2) is 41.6 Å². The number of rotatable bonds is 8. The van der Waals surface area contributed by atoms with Crippen LogP contribution in [-0.2, 0) is 13.1 Å². The first kappa shape index (κ1) is 21.3. The number of para-hydroxylation sites is 1. The number of halogens is 1. The van der Waals surface area contributed by atoms with Crippen LogP contribution in [0.4, 0.5) is 0 Å². The highest BCUT2D eigenvalue weighted by Gasteiger charge is 2.14. The number of nitrogens with zero attached hydrogens (tertiary/aromatic N) is 3. The zero-order chi connectivity index (χ0) is 19.3. The molecule has 0 amide bonds. The van der Waals surface area contributed by atoms with Crippen molar-refractivity contribution in [1.82, 2.24) is 19.8 Å². The van der Waals surface area contributed by atoms with E-state index in [1.807, 2.05) is 6.20 Å². The molecule has 0 saturated heterocycles. The van der Waals surface area contributed by atoms with E-state index in [2.05, 4.69) is 89.5 Å². The van der Waals surface area contributed by atoms with E-state index in [9.17, 15) is 0 Å². The van der Waals surface area contributed by atoms with Crippen molar-refractivity contribution in [2.75, 3.05) is 27.2 Å². The molecule has 0 saturated carbocycles. The van der Waals surface area contributed by atoms with Crippen molar-refractivity contribution >= 4 is 34.2 Å². The van der Waals surface area contributed by atoms with E-state index in [-0.39, 0.29) is 12.4 Å². The van der Waals surface area contributed by atoms with Gasteiger partial charge < -0.3 is 14.8 Å². The summed E-state index contributed by atoms with van der Waals surface area (Å²) >= 11 is 0. The third kappa shape index (κ3) is 4.78. The number of benzene rings is 2. The van der Waals surface area contributed by atoms with Crippen LogP contribution in [0.5, 0.6) is 0 Å². The molecule has 4 rings (SSSR count). The molecule has 5 heteroatoms. The quantitative estimate of drug-likeness (QED) is 0.429. The maximum Gasteiger partial charge on any atom is 0.0784 e. The Balaban J connectivity index is 0.00000240. The number of hydrogen-bond acceptors (Lipinski definition) is 3. The molecule has 4 nitrogen and oxygen atoms in total. The predicted octanol–water partition coefficient (Wildman–Crippen LogP) is 4.70. The van der Waals surface area contributed by atoms with Crippen LogP contribution in [0.3, 0.4) is 0 Å². The molecule has 4 aromatic rings. The summed E-state index contributed by atoms with van der Waals surface area (Å²) in [6.45, 7) is 3.73. The van der Waals surface area contributed by atoms with Gasteiger partial charge in [0, 0.05) is 35.6 Å². The van der Waals surface area contributed by atoms with Crippen LogP contribution in [0.15, 0.2) is 66.9 Å². The lowest BCUT2D eigenvalue weighted by molar-refractivity contribution is 0.394. The average molecular weight is 409 g/mol. The highest BCUT2D eigenvalue weighted by Crippen LogP contribution is 2.31. The minimum atomic E-state index is 0. The van der Waals surface area contributed by atoms with Crippen molar-refractivity contribution < 1.29 is 0 Å². The molecule has 0 bridgehead atoms. The second kappa shape index (κ2) is 9.88. The van der Waals surface area contributed by atoms with E-state index in [0.717, 1.165) is 38.3 Å². The van der Waals surface area contributed by atoms with Gasteiger partial charge in [0.2, 0.25) is 0 Å². The Labute approximate surface area is 179 Å². The van der Waals surface area contributed by atoms with Crippen LogP contribution in [0.2, 0.25) is 0 Å². The van der Waals surface area contributed by atoms with Gasteiger partial charge in [0.15, 0.2) is 0 Å². The van der Waals surface area contributed by atoms with Gasteiger partial charge in [-0.05, 0) is 51.3 Å². The van der Waals surface area contributed by atoms with Crippen molar-refractivity contribution in [3.63, 3.8) is 0 Å². The smallest absolute Gasteiger partial charge is 0.0784 e. The fourth-order valence-electron chi connectivity index (χ4n) is 3.86. The number of aromatic nitrogens is 2. The molecule has 0 unspecified atom stereocenters. The van der Waals surface area contributed by atoms with E-state index in [4.69, 9.17) is 4.98 Å². The van der Waals surface area contributed by atoms with Gasteiger partial charge in [0.25, 0.3) is 0 Å². The molecular weight excluding hydrogens is 380 g/mol. The fraction of sp³-hybridized carbons (Fsp3) is 0.292. The highest BCUT2D eigenvalue weighted by atomic mass is 35.5. The van der Waals surface area contributed by atoms with Crippen LogP contribution >= 0.6 is 12.4 Å². The fourth-order valence-corrected chi connectivity index (χ4v) is 3.86. The van der Waals surface area contributed by atoms with Crippen LogP contribution in [0.1, 0.15) is 17.7 Å². The van der Waals surface area contributed by atoms with Crippen molar-refractivity contribution in [3.05, 3.63) is 78.1 Å². The molecular formula is C24H29ClN4. The summed E-state index contributed by atoms with van der Waals surface area (Å²) in [6, 6.07) is 21.5. The second-order valence-corrected chi connectivity index (χ2v) is 7.58. The van der Waals surface area contributed by atoms with Gasteiger partial charge >= 0.3 is 0 Å². The highest BCUT2D eigenvalue weighted by molar-refractivity contribution is 6.08. The van der Waals surface area contributed by atoms with E-state index < -0.39 is 0 Å². The molecule has 29 heavy (non-hydrogen) atoms. The van der Waals surface area contributed by atoms with Crippen LogP contribution < -0.4 is 5.32 Å². The van der Waals surface area contributed by atoms with Gasteiger partial charge in [-0.25, -0.2) is 0 Å². The minimum Gasteiger partial charge on any atom is -0.334 e. The Kier molecular flexibility index (Phi) is 7.26. The first-order chi connectivity index (χ1) is 13.7. The molecule has 152 valence electrons. The Morgan fingerprint density at radius 1 is 0.931 bits per heavy atom. The zero-order valence-corrected chi connectivity index (χ0v) is 18.0. The lowest BCUT2D eigenvalue weighted by Crippen LogP contribution is -2.21. The molecule has 0 fully saturated rings. The Bertz CT molecular complexity index is 1060. The van der Waals surface area contributed by atoms with Gasteiger partial charge in [-0.3, -0.25) is 4.98 Å². The molecule has 2 heterocycles. The minimum absolute atomic E-state index is 0. The lowest BCUT2D eigenvalue weighted by Gasteiger charge is -2.12. The summed E-state index contributed by atoms with van der Waals surface area (Å²) in [4.78, 5) is 6.96. The van der Waals surface area contributed by atoms with E-state index >= 15 is 0 Å². The van der Waals surface area contributed by atoms with E-state index in [1.165, 1.54) is 27.4 Å². The standard InChI is InChI=1S/C24H28N4.ClH/c1-27(2)16-8-14-25-17-22-24-21(13-15-26-22)20-11-6-7-12-23(20)28(24)18-19-9-4-3-5-10-19;/h3-7,9-13,15,25H,8,14,16-18H2,1-2H3;1H. The Hall–Kier alpha value is -2.40. The van der Waals surface area contributed by atoms with Gasteiger partial charge in [-0.2, -0.15) is 0 Å². The van der Waals surface area contributed by atoms with Gasteiger partial charge in [-0.1, -0.05) is 48.5 Å². The van der Waals surface area contributed by atoms with Crippen molar-refractivity contribution in [2.45, 2.75) is 19.5 Å². The molecule has 0 aliphatic heterocycles. The molecule has 0 spiro atoms. The molecule has 0 aliphatic rings. The number of fused-ring (bicyclic) bond motifs is 3. The summed E-state index contributed by atoms with van der Waals surface area (Å²) in [5, 5.41) is 6.16. The zero-order valence-electron chi connectivity index (χ0n) is 17.1. The Morgan fingerprint density at radius 2 is 1.69 bits per heavy atom. The summed E-state index contributed by atoms with van der Waals surface area (Å²) in [6.07, 6.45) is 3.08. The first-order valence-corrected chi connectivity index (χ1v) is 9.98. The van der Waals surface area contributed by atoms with Gasteiger partial charge in [0.1, 0.15) is 0 Å². The van der Waals surface area contributed by atoms with E-state index in [1.54, 1.807) is 0 Å². The third-order valence-electron chi connectivity index (χ3n) is 5.19. The van der Waals surface area contributed by atoms with E-state index in [0.29, 0.717) is 0 Å². The van der Waals surface area contributed by atoms with Gasteiger partial charge in [-0.15, -0.1) is 12.4 Å². The maximum atomic E-state index is 4.74. The largest absolute Gasteiger partial charge is 0.334 e. The van der Waals surface area contributed by atoms with Crippen molar-refractivity contribution in [3.8, 4) is 0 Å². The van der Waals surface area contributed by atoms with Crippen LogP contribution in [0.25, 0.3) is 21.8 Å². The normalized spacial score (nSPS) is 11.3. The summed E-state index contributed by atoms with van der Waals surface area (Å²) in [5.41, 5.74) is 4.93. The molecule has 0 atom stereocenters. The lowest BCUT2D eigenvalue weighted by atomic mass is 10.1. The van der Waals surface area contributed by atoms with Crippen molar-refractivity contribution in [2.24, 2.45) is 0 Å². The molecule has 0 radical (unpaired) electrons.